The van der Waals surface area contributed by atoms with Crippen molar-refractivity contribution in [3.63, 3.8) is 0 Å². The highest BCUT2D eigenvalue weighted by molar-refractivity contribution is 7.99. The van der Waals surface area contributed by atoms with Crippen molar-refractivity contribution in [2.45, 2.75) is 37.4 Å². The van der Waals surface area contributed by atoms with Gasteiger partial charge in [0.2, 0.25) is 5.91 Å². The Hall–Kier alpha value is -2.30. The highest BCUT2D eigenvalue weighted by Gasteiger charge is 2.22. The quantitative estimate of drug-likeness (QED) is 0.422. The minimum Gasteiger partial charge on any atom is -0.383 e. The van der Waals surface area contributed by atoms with Crippen LogP contribution in [0.3, 0.4) is 0 Å². The molecule has 0 spiro atoms. The molecule has 0 atom stereocenters. The molecular weight excluding hydrogens is 444 g/mol. The van der Waals surface area contributed by atoms with E-state index in [1.165, 1.54) is 4.88 Å². The lowest BCUT2D eigenvalue weighted by atomic mass is 9.97. The number of carbonyl (C=O) groups is 1. The van der Waals surface area contributed by atoms with Gasteiger partial charge in [-0.2, -0.15) is 0 Å². The minimum atomic E-state index is -0.773. The number of amides is 1. The van der Waals surface area contributed by atoms with Gasteiger partial charge in [0.05, 0.1) is 24.3 Å². The third-order valence-corrected chi connectivity index (χ3v) is 7.20. The number of hydrogen-bond acceptors (Lipinski definition) is 6. The Morgan fingerprint density at radius 1 is 1.26 bits per heavy atom. The third-order valence-electron chi connectivity index (χ3n) is 5.04. The summed E-state index contributed by atoms with van der Waals surface area (Å²) in [6, 6.07) is 2.82. The normalized spacial score (nSPS) is 13.4. The number of aromatic nitrogens is 2. The molecule has 1 aliphatic carbocycles. The molecule has 0 unspecified atom stereocenters. The molecule has 0 fully saturated rings. The number of thiophene rings is 1. The molecule has 0 aliphatic heterocycles. The second kappa shape index (κ2) is 9.46. The molecule has 164 valence electrons. The van der Waals surface area contributed by atoms with E-state index in [-0.39, 0.29) is 17.0 Å². The number of methoxy groups -OCH3 is 1. The maximum Gasteiger partial charge on any atom is 0.263 e. The predicted molar refractivity (Wildman–Crippen MR) is 118 cm³/mol. The summed E-state index contributed by atoms with van der Waals surface area (Å²) in [4.78, 5) is 32.2. The summed E-state index contributed by atoms with van der Waals surface area (Å²) in [5.41, 5.74) is 1.03. The van der Waals surface area contributed by atoms with E-state index >= 15 is 0 Å². The Kier molecular flexibility index (Phi) is 6.68. The van der Waals surface area contributed by atoms with E-state index in [2.05, 4.69) is 5.32 Å². The van der Waals surface area contributed by atoms with Gasteiger partial charge in [0.25, 0.3) is 5.56 Å². The SMILES string of the molecule is COCCn1c(SCC(=O)Nc2cc(F)cc(F)c2)nc2sc3c(c2c1=O)CCCC3. The molecule has 1 N–H and O–H groups in total. The smallest absolute Gasteiger partial charge is 0.263 e. The van der Waals surface area contributed by atoms with Crippen LogP contribution in [0.2, 0.25) is 0 Å². The summed E-state index contributed by atoms with van der Waals surface area (Å²) in [5.74, 6) is -2.06. The Balaban J connectivity index is 1.59. The van der Waals surface area contributed by atoms with E-state index in [1.807, 2.05) is 0 Å². The number of nitrogens with zero attached hydrogens (tertiary/aromatic N) is 2. The standard InChI is InChI=1S/C21H21F2N3O3S2/c1-29-7-6-26-20(28)18-15-4-2-3-5-16(15)31-19(18)25-21(26)30-11-17(27)24-14-9-12(22)8-13(23)10-14/h8-10H,2-7,11H2,1H3,(H,24,27). The van der Waals surface area contributed by atoms with Gasteiger partial charge in [0.15, 0.2) is 5.16 Å². The summed E-state index contributed by atoms with van der Waals surface area (Å²) in [6.07, 6.45) is 4.02. The minimum absolute atomic E-state index is 0.0363. The van der Waals surface area contributed by atoms with Crippen LogP contribution in [0.1, 0.15) is 23.3 Å². The van der Waals surface area contributed by atoms with Crippen molar-refractivity contribution in [3.8, 4) is 0 Å². The van der Waals surface area contributed by atoms with Gasteiger partial charge < -0.3 is 10.1 Å². The average molecular weight is 466 g/mol. The van der Waals surface area contributed by atoms with Crippen LogP contribution in [0.15, 0.2) is 28.2 Å². The van der Waals surface area contributed by atoms with Gasteiger partial charge in [-0.3, -0.25) is 14.2 Å². The molecule has 31 heavy (non-hydrogen) atoms. The third kappa shape index (κ3) is 4.81. The Bertz CT molecular complexity index is 1170. The van der Waals surface area contributed by atoms with Crippen molar-refractivity contribution >= 4 is 44.9 Å². The molecule has 3 aromatic rings. The Labute approximate surface area is 185 Å². The number of rotatable bonds is 7. The first-order valence-corrected chi connectivity index (χ1v) is 11.7. The molecule has 1 aliphatic rings. The van der Waals surface area contributed by atoms with Crippen molar-refractivity contribution in [1.82, 2.24) is 9.55 Å². The molecule has 6 nitrogen and oxygen atoms in total. The molecule has 1 amide bonds. The van der Waals surface area contributed by atoms with Crippen LogP contribution in [0, 0.1) is 11.6 Å². The molecule has 0 radical (unpaired) electrons. The Morgan fingerprint density at radius 2 is 2.00 bits per heavy atom. The zero-order valence-electron chi connectivity index (χ0n) is 16.9. The number of hydrogen-bond donors (Lipinski definition) is 1. The van der Waals surface area contributed by atoms with E-state index in [9.17, 15) is 18.4 Å². The van der Waals surface area contributed by atoms with Crippen LogP contribution < -0.4 is 10.9 Å². The fourth-order valence-electron chi connectivity index (χ4n) is 3.66. The van der Waals surface area contributed by atoms with Gasteiger partial charge in [-0.1, -0.05) is 11.8 Å². The number of nitrogens with one attached hydrogen (secondary N) is 1. The maximum absolute atomic E-state index is 13.3. The summed E-state index contributed by atoms with van der Waals surface area (Å²) in [6.45, 7) is 0.656. The fourth-order valence-corrected chi connectivity index (χ4v) is 5.79. The van der Waals surface area contributed by atoms with Crippen molar-refractivity contribution in [1.29, 1.82) is 0 Å². The maximum atomic E-state index is 13.3. The highest BCUT2D eigenvalue weighted by Crippen LogP contribution is 2.34. The second-order valence-corrected chi connectivity index (χ2v) is 9.26. The van der Waals surface area contributed by atoms with Gasteiger partial charge in [0.1, 0.15) is 16.5 Å². The van der Waals surface area contributed by atoms with Crippen LogP contribution in [-0.2, 0) is 28.9 Å². The molecule has 10 heteroatoms. The Morgan fingerprint density at radius 3 is 2.74 bits per heavy atom. The molecule has 0 bridgehead atoms. The number of aryl methyl sites for hydroxylation is 2. The molecule has 0 saturated heterocycles. The van der Waals surface area contributed by atoms with Gasteiger partial charge in [-0.15, -0.1) is 11.3 Å². The number of thioether (sulfide) groups is 1. The molecule has 2 heterocycles. The van der Waals surface area contributed by atoms with Gasteiger partial charge in [-0.05, 0) is 43.4 Å². The fraction of sp³-hybridized carbons (Fsp3) is 0.381. The van der Waals surface area contributed by atoms with Crippen molar-refractivity contribution < 1.29 is 18.3 Å². The highest BCUT2D eigenvalue weighted by atomic mass is 32.2. The number of fused-ring (bicyclic) bond motifs is 3. The van der Waals surface area contributed by atoms with Gasteiger partial charge >= 0.3 is 0 Å². The molecule has 1 aromatic carbocycles. The van der Waals surface area contributed by atoms with E-state index in [0.29, 0.717) is 28.5 Å². The van der Waals surface area contributed by atoms with Crippen LogP contribution in [0.4, 0.5) is 14.5 Å². The van der Waals surface area contributed by atoms with Crippen LogP contribution in [0.25, 0.3) is 10.2 Å². The molecule has 4 rings (SSSR count). The summed E-state index contributed by atoms with van der Waals surface area (Å²) in [7, 11) is 1.56. The molecular formula is C21H21F2N3O3S2. The van der Waals surface area contributed by atoms with Crippen molar-refractivity contribution in [2.75, 3.05) is 24.8 Å². The predicted octanol–water partition coefficient (Wildman–Crippen LogP) is 3.99. The number of anilines is 1. The molecule has 0 saturated carbocycles. The summed E-state index contributed by atoms with van der Waals surface area (Å²) in [5, 5.41) is 3.58. The zero-order valence-corrected chi connectivity index (χ0v) is 18.5. The first-order valence-electron chi connectivity index (χ1n) is 9.89. The van der Waals surface area contributed by atoms with Crippen molar-refractivity contribution in [3.05, 3.63) is 50.6 Å². The lowest BCUT2D eigenvalue weighted by Crippen LogP contribution is -2.26. The monoisotopic (exact) mass is 465 g/mol. The van der Waals surface area contributed by atoms with Crippen molar-refractivity contribution in [2.24, 2.45) is 0 Å². The average Bonchev–Trinajstić information content (AvgIpc) is 3.09. The lowest BCUT2D eigenvalue weighted by molar-refractivity contribution is -0.113. The van der Waals surface area contributed by atoms with E-state index in [4.69, 9.17) is 9.72 Å². The largest absolute Gasteiger partial charge is 0.383 e. The van der Waals surface area contributed by atoms with E-state index in [0.717, 1.165) is 61.2 Å². The van der Waals surface area contributed by atoms with Gasteiger partial charge in [-0.25, -0.2) is 13.8 Å². The lowest BCUT2D eigenvalue weighted by Gasteiger charge is -2.13. The number of ether oxygens (including phenoxy) is 1. The van der Waals surface area contributed by atoms with Crippen LogP contribution in [-0.4, -0.2) is 34.9 Å². The summed E-state index contributed by atoms with van der Waals surface area (Å²) < 4.78 is 33.4. The van der Waals surface area contributed by atoms with E-state index in [1.54, 1.807) is 23.0 Å². The van der Waals surface area contributed by atoms with Crippen LogP contribution >= 0.6 is 23.1 Å². The van der Waals surface area contributed by atoms with Gasteiger partial charge in [0, 0.05) is 23.7 Å². The summed E-state index contributed by atoms with van der Waals surface area (Å²) >= 11 is 2.66. The number of benzene rings is 1. The molecule has 2 aromatic heterocycles. The van der Waals surface area contributed by atoms with Crippen LogP contribution in [0.5, 0.6) is 0 Å². The topological polar surface area (TPSA) is 73.2 Å². The zero-order chi connectivity index (χ0) is 22.0. The first kappa shape index (κ1) is 21.9. The number of halogens is 2. The van der Waals surface area contributed by atoms with E-state index < -0.39 is 17.5 Å². The first-order chi connectivity index (χ1) is 15.0. The second-order valence-electron chi connectivity index (χ2n) is 7.23. The number of carbonyl (C=O) groups excluding carboxylic acids is 1.